The van der Waals surface area contributed by atoms with Crippen molar-refractivity contribution in [1.82, 2.24) is 0 Å². The highest BCUT2D eigenvalue weighted by atomic mass is 79.9. The zero-order valence-corrected chi connectivity index (χ0v) is 7.77. The predicted octanol–water partition coefficient (Wildman–Crippen LogP) is 1.72. The molecule has 3 heteroatoms. The first-order valence-corrected chi connectivity index (χ1v) is 4.25. The van der Waals surface area contributed by atoms with Crippen molar-refractivity contribution in [2.45, 2.75) is 25.3 Å². The first-order chi connectivity index (χ1) is 4.55. The maximum Gasteiger partial charge on any atom is 0.144 e. The van der Waals surface area contributed by atoms with Crippen LogP contribution in [0, 0.1) is 5.41 Å². The van der Waals surface area contributed by atoms with Gasteiger partial charge in [0.05, 0.1) is 12.0 Å². The molecule has 0 N–H and O–H groups in total. The minimum Gasteiger partial charge on any atom is -0.365 e. The van der Waals surface area contributed by atoms with Gasteiger partial charge in [0.1, 0.15) is 10.8 Å². The summed E-state index contributed by atoms with van der Waals surface area (Å²) in [5.41, 5.74) is -0.349. The highest BCUT2D eigenvalue weighted by Gasteiger charge is 2.38. The fraction of sp³-hybridized carbons (Fsp3) is 0.857. The Hall–Kier alpha value is 0.110. The maximum absolute atomic E-state index is 11.2. The monoisotopic (exact) mass is 206 g/mol. The van der Waals surface area contributed by atoms with E-state index in [-0.39, 0.29) is 16.2 Å². The number of rotatable bonds is 0. The molecule has 0 spiro atoms. The van der Waals surface area contributed by atoms with Crippen LogP contribution in [0.5, 0.6) is 0 Å². The molecule has 10 heavy (non-hydrogen) atoms. The van der Waals surface area contributed by atoms with Crippen LogP contribution in [0.15, 0.2) is 0 Å². The number of hydrogen-bond acceptors (Lipinski definition) is 2. The number of carbonyl (C=O) groups is 1. The normalized spacial score (nSPS) is 32.3. The second-order valence-corrected chi connectivity index (χ2v) is 3.91. The third kappa shape index (κ3) is 1.25. The number of carbonyl (C=O) groups excluding carboxylic acids is 1. The summed E-state index contributed by atoms with van der Waals surface area (Å²) in [6.45, 7) is 4.35. The molecule has 1 aliphatic heterocycles. The zero-order valence-electron chi connectivity index (χ0n) is 6.19. The molecule has 0 aromatic heterocycles. The Bertz CT molecular complexity index is 154. The van der Waals surface area contributed by atoms with Gasteiger partial charge in [0.25, 0.3) is 0 Å². The molecule has 0 amide bonds. The summed E-state index contributed by atoms with van der Waals surface area (Å²) in [4.78, 5) is 11.2. The van der Waals surface area contributed by atoms with Gasteiger partial charge in [-0.15, -0.1) is 0 Å². The second-order valence-electron chi connectivity index (χ2n) is 3.08. The van der Waals surface area contributed by atoms with Crippen molar-refractivity contribution in [3.63, 3.8) is 0 Å². The van der Waals surface area contributed by atoms with Gasteiger partial charge in [-0.25, -0.2) is 0 Å². The molecule has 1 atom stereocenters. The molecule has 1 fully saturated rings. The molecule has 1 aliphatic rings. The topological polar surface area (TPSA) is 26.3 Å². The zero-order chi connectivity index (χ0) is 7.78. The van der Waals surface area contributed by atoms with Crippen LogP contribution in [-0.2, 0) is 9.53 Å². The molecule has 0 aliphatic carbocycles. The highest BCUT2D eigenvalue weighted by Crippen LogP contribution is 2.33. The van der Waals surface area contributed by atoms with Crippen LogP contribution < -0.4 is 0 Å². The van der Waals surface area contributed by atoms with Gasteiger partial charge < -0.3 is 4.74 Å². The van der Waals surface area contributed by atoms with Crippen molar-refractivity contribution in [2.75, 3.05) is 6.61 Å². The SMILES string of the molecule is CC1(C)C(=O)CCOC1Br. The lowest BCUT2D eigenvalue weighted by atomic mass is 9.86. The summed E-state index contributed by atoms with van der Waals surface area (Å²) in [5, 5.41) is -0.110. The summed E-state index contributed by atoms with van der Waals surface area (Å²) in [5.74, 6) is 0.278. The number of halogens is 1. The third-order valence-electron chi connectivity index (χ3n) is 1.88. The average Bonchev–Trinajstić information content (AvgIpc) is 1.84. The van der Waals surface area contributed by atoms with E-state index in [2.05, 4.69) is 15.9 Å². The van der Waals surface area contributed by atoms with Crippen LogP contribution in [-0.4, -0.2) is 17.4 Å². The van der Waals surface area contributed by atoms with Gasteiger partial charge in [0, 0.05) is 6.42 Å². The van der Waals surface area contributed by atoms with Crippen molar-refractivity contribution in [1.29, 1.82) is 0 Å². The van der Waals surface area contributed by atoms with E-state index < -0.39 is 0 Å². The molecule has 0 aromatic rings. The van der Waals surface area contributed by atoms with E-state index >= 15 is 0 Å². The summed E-state index contributed by atoms with van der Waals surface area (Å²) in [6.07, 6.45) is 0.551. The largest absolute Gasteiger partial charge is 0.365 e. The van der Waals surface area contributed by atoms with E-state index in [1.807, 2.05) is 13.8 Å². The standard InChI is InChI=1S/C7H11BrO2/c1-7(2)5(9)3-4-10-6(7)8/h6H,3-4H2,1-2H3. The fourth-order valence-electron chi connectivity index (χ4n) is 0.912. The van der Waals surface area contributed by atoms with Gasteiger partial charge in [-0.05, 0) is 13.8 Å². The second kappa shape index (κ2) is 2.62. The molecule has 2 nitrogen and oxygen atoms in total. The molecule has 0 radical (unpaired) electrons. The minimum atomic E-state index is -0.349. The van der Waals surface area contributed by atoms with Gasteiger partial charge in [0.2, 0.25) is 0 Å². The van der Waals surface area contributed by atoms with E-state index in [1.165, 1.54) is 0 Å². The van der Waals surface area contributed by atoms with E-state index in [1.54, 1.807) is 0 Å². The number of Topliss-reactive ketones (excluding diaryl/α,β-unsaturated/α-hetero) is 1. The summed E-state index contributed by atoms with van der Waals surface area (Å²) < 4.78 is 5.26. The first kappa shape index (κ1) is 8.21. The predicted molar refractivity (Wildman–Crippen MR) is 42.1 cm³/mol. The van der Waals surface area contributed by atoms with Crippen molar-refractivity contribution >= 4 is 21.7 Å². The fourth-order valence-corrected chi connectivity index (χ4v) is 1.35. The van der Waals surface area contributed by atoms with E-state index in [9.17, 15) is 4.79 Å². The van der Waals surface area contributed by atoms with E-state index in [0.29, 0.717) is 13.0 Å². The summed E-state index contributed by atoms with van der Waals surface area (Å²) >= 11 is 3.31. The Kier molecular flexibility index (Phi) is 2.15. The molecular formula is C7H11BrO2. The number of ketones is 1. The molecule has 1 unspecified atom stereocenters. The first-order valence-electron chi connectivity index (χ1n) is 3.34. The van der Waals surface area contributed by atoms with Gasteiger partial charge >= 0.3 is 0 Å². The summed E-state index contributed by atoms with van der Waals surface area (Å²) in [7, 11) is 0. The highest BCUT2D eigenvalue weighted by molar-refractivity contribution is 9.09. The smallest absolute Gasteiger partial charge is 0.144 e. The molecular weight excluding hydrogens is 196 g/mol. The molecule has 1 heterocycles. The van der Waals surface area contributed by atoms with E-state index in [0.717, 1.165) is 0 Å². The Labute approximate surface area is 69.1 Å². The van der Waals surface area contributed by atoms with Gasteiger partial charge in [-0.2, -0.15) is 0 Å². The van der Waals surface area contributed by atoms with Gasteiger partial charge in [-0.1, -0.05) is 15.9 Å². The Morgan fingerprint density at radius 3 is 2.70 bits per heavy atom. The minimum absolute atomic E-state index is 0.110. The molecule has 0 aromatic carbocycles. The van der Waals surface area contributed by atoms with Crippen LogP contribution >= 0.6 is 15.9 Å². The Morgan fingerprint density at radius 2 is 2.30 bits per heavy atom. The lowest BCUT2D eigenvalue weighted by Gasteiger charge is -2.32. The van der Waals surface area contributed by atoms with E-state index in [4.69, 9.17) is 4.74 Å². The maximum atomic E-state index is 11.2. The quantitative estimate of drug-likeness (QED) is 0.565. The van der Waals surface area contributed by atoms with Crippen molar-refractivity contribution in [2.24, 2.45) is 5.41 Å². The van der Waals surface area contributed by atoms with Gasteiger partial charge in [-0.3, -0.25) is 4.79 Å². The lowest BCUT2D eigenvalue weighted by Crippen LogP contribution is -2.40. The van der Waals surface area contributed by atoms with Crippen LogP contribution in [0.25, 0.3) is 0 Å². The van der Waals surface area contributed by atoms with Crippen molar-refractivity contribution in [3.05, 3.63) is 0 Å². The summed E-state index contributed by atoms with van der Waals surface area (Å²) in [6, 6.07) is 0. The lowest BCUT2D eigenvalue weighted by molar-refractivity contribution is -0.139. The van der Waals surface area contributed by atoms with Crippen LogP contribution in [0.2, 0.25) is 0 Å². The van der Waals surface area contributed by atoms with Crippen LogP contribution in [0.4, 0.5) is 0 Å². The third-order valence-corrected chi connectivity index (χ3v) is 3.29. The van der Waals surface area contributed by atoms with Gasteiger partial charge in [0.15, 0.2) is 0 Å². The Balaban J connectivity index is 2.73. The molecule has 1 rings (SSSR count). The van der Waals surface area contributed by atoms with Crippen molar-refractivity contribution < 1.29 is 9.53 Å². The molecule has 0 bridgehead atoms. The van der Waals surface area contributed by atoms with Crippen LogP contribution in [0.3, 0.4) is 0 Å². The number of hydrogen-bond donors (Lipinski definition) is 0. The van der Waals surface area contributed by atoms with Crippen LogP contribution in [0.1, 0.15) is 20.3 Å². The molecule has 58 valence electrons. The van der Waals surface area contributed by atoms with Crippen molar-refractivity contribution in [3.8, 4) is 0 Å². The average molecular weight is 207 g/mol. The number of alkyl halides is 1. The molecule has 1 saturated heterocycles. The number of ether oxygens (including phenoxy) is 1. The Morgan fingerprint density at radius 1 is 1.70 bits per heavy atom. The molecule has 0 saturated carbocycles.